The van der Waals surface area contributed by atoms with Crippen molar-refractivity contribution in [1.82, 2.24) is 15.0 Å². The van der Waals surface area contributed by atoms with Gasteiger partial charge in [0, 0.05) is 17.5 Å². The first kappa shape index (κ1) is 18.5. The molecule has 2 aromatic rings. The molecular weight excluding hydrogens is 313 g/mol. The zero-order valence-electron chi connectivity index (χ0n) is 14.5. The molecule has 7 heteroatoms. The van der Waals surface area contributed by atoms with Crippen LogP contribution in [-0.4, -0.2) is 52.1 Å². The molecule has 0 bridgehead atoms. The molecule has 132 valence electrons. The third kappa shape index (κ3) is 3.98. The highest BCUT2D eigenvalue weighted by Crippen LogP contribution is 2.25. The third-order valence-electron chi connectivity index (χ3n) is 4.27. The molecule has 0 aliphatic rings. The van der Waals surface area contributed by atoms with Crippen LogP contribution in [0, 0.1) is 18.2 Å². The molecule has 0 aliphatic heterocycles. The van der Waals surface area contributed by atoms with Crippen LogP contribution in [0.2, 0.25) is 0 Å². The summed E-state index contributed by atoms with van der Waals surface area (Å²) in [5.41, 5.74) is 0.597. The number of hydrogen-bond donors (Lipinski definition) is 2. The molecule has 0 saturated carbocycles. The van der Waals surface area contributed by atoms with Crippen molar-refractivity contribution in [3.05, 3.63) is 35.5 Å². The quantitative estimate of drug-likeness (QED) is 0.806. The van der Waals surface area contributed by atoms with Gasteiger partial charge in [0.25, 0.3) is 0 Å². The van der Waals surface area contributed by atoms with Gasteiger partial charge < -0.3 is 14.7 Å². The van der Waals surface area contributed by atoms with Crippen LogP contribution in [0.25, 0.3) is 11.4 Å². The molecular formula is C17H24FN3O3. The fourth-order valence-electron chi connectivity index (χ4n) is 2.38. The van der Waals surface area contributed by atoms with Gasteiger partial charge in [0.15, 0.2) is 0 Å². The van der Waals surface area contributed by atoms with Gasteiger partial charge >= 0.3 is 0 Å². The van der Waals surface area contributed by atoms with Gasteiger partial charge in [-0.3, -0.25) is 4.90 Å². The number of aryl methyl sites for hydroxylation is 1. The second-order valence-electron chi connectivity index (χ2n) is 6.64. The summed E-state index contributed by atoms with van der Waals surface area (Å²) in [5, 5.41) is 22.8. The molecule has 24 heavy (non-hydrogen) atoms. The Hall–Kier alpha value is -1.83. The summed E-state index contributed by atoms with van der Waals surface area (Å²) in [5.74, 6) is 0.552. The van der Waals surface area contributed by atoms with Crippen molar-refractivity contribution in [3.63, 3.8) is 0 Å². The molecule has 0 fully saturated rings. The van der Waals surface area contributed by atoms with E-state index in [0.29, 0.717) is 29.4 Å². The van der Waals surface area contributed by atoms with Gasteiger partial charge in [-0.1, -0.05) is 12.1 Å². The van der Waals surface area contributed by atoms with Crippen molar-refractivity contribution >= 4 is 0 Å². The van der Waals surface area contributed by atoms with E-state index in [1.165, 1.54) is 6.07 Å². The first-order valence-electron chi connectivity index (χ1n) is 7.82. The number of aromatic nitrogens is 2. The van der Waals surface area contributed by atoms with Crippen LogP contribution in [0.4, 0.5) is 4.39 Å². The molecule has 2 rings (SSSR count). The molecule has 0 amide bonds. The molecule has 1 aromatic carbocycles. The van der Waals surface area contributed by atoms with Crippen molar-refractivity contribution in [2.75, 3.05) is 26.8 Å². The zero-order chi connectivity index (χ0) is 17.9. The maximum Gasteiger partial charge on any atom is 0.244 e. The maximum atomic E-state index is 13.4. The van der Waals surface area contributed by atoms with Gasteiger partial charge in [0.2, 0.25) is 11.7 Å². The Bertz CT molecular complexity index is 685. The smallest absolute Gasteiger partial charge is 0.244 e. The summed E-state index contributed by atoms with van der Waals surface area (Å²) < 4.78 is 18.7. The topological polar surface area (TPSA) is 82.6 Å². The Morgan fingerprint density at radius 2 is 2.00 bits per heavy atom. The highest BCUT2D eigenvalue weighted by molar-refractivity contribution is 5.55. The average Bonchev–Trinajstić information content (AvgIpc) is 3.06. The second-order valence-corrected chi connectivity index (χ2v) is 6.64. The number of rotatable bonds is 7. The number of aliphatic hydroxyl groups excluding tert-OH is 2. The predicted octanol–water partition coefficient (Wildman–Crippen LogP) is 2.17. The molecule has 2 N–H and O–H groups in total. The lowest BCUT2D eigenvalue weighted by atomic mass is 9.92. The van der Waals surface area contributed by atoms with Crippen molar-refractivity contribution in [1.29, 1.82) is 0 Å². The highest BCUT2D eigenvalue weighted by Gasteiger charge is 2.28. The van der Waals surface area contributed by atoms with Crippen LogP contribution >= 0.6 is 0 Å². The minimum absolute atomic E-state index is 0.121. The SMILES string of the molecule is Cc1cc(-c2noc(C(C)N(C)CC(C)(CO)CO)n2)ccc1F. The first-order chi connectivity index (χ1) is 11.3. The fraction of sp³-hybridized carbons (Fsp3) is 0.529. The van der Waals surface area contributed by atoms with Gasteiger partial charge in [0.05, 0.1) is 19.3 Å². The predicted molar refractivity (Wildman–Crippen MR) is 87.8 cm³/mol. The van der Waals surface area contributed by atoms with E-state index in [9.17, 15) is 14.6 Å². The Balaban J connectivity index is 2.15. The second kappa shape index (κ2) is 7.38. The fourth-order valence-corrected chi connectivity index (χ4v) is 2.38. The van der Waals surface area contributed by atoms with E-state index in [1.54, 1.807) is 26.0 Å². The monoisotopic (exact) mass is 337 g/mol. The van der Waals surface area contributed by atoms with Crippen molar-refractivity contribution in [3.8, 4) is 11.4 Å². The Morgan fingerprint density at radius 1 is 1.33 bits per heavy atom. The number of benzene rings is 1. The molecule has 6 nitrogen and oxygen atoms in total. The van der Waals surface area contributed by atoms with Crippen LogP contribution in [0.1, 0.15) is 31.3 Å². The van der Waals surface area contributed by atoms with Crippen molar-refractivity contribution in [2.45, 2.75) is 26.8 Å². The van der Waals surface area contributed by atoms with Crippen LogP contribution in [-0.2, 0) is 0 Å². The van der Waals surface area contributed by atoms with Gasteiger partial charge in [-0.15, -0.1) is 0 Å². The van der Waals surface area contributed by atoms with Gasteiger partial charge in [-0.25, -0.2) is 4.39 Å². The van der Waals surface area contributed by atoms with Gasteiger partial charge in [-0.2, -0.15) is 4.98 Å². The minimum atomic E-state index is -0.611. The van der Waals surface area contributed by atoms with Gasteiger partial charge in [-0.05, 0) is 44.7 Å². The molecule has 0 aliphatic carbocycles. The standard InChI is InChI=1S/C17H24FN3O3/c1-11-7-13(5-6-14(11)18)15-19-16(24-20-15)12(2)21(4)8-17(3,9-22)10-23/h5-7,12,22-23H,8-10H2,1-4H3. The molecule has 1 atom stereocenters. The molecule has 0 saturated heterocycles. The van der Waals surface area contributed by atoms with E-state index in [-0.39, 0.29) is 25.1 Å². The van der Waals surface area contributed by atoms with Crippen LogP contribution in [0.5, 0.6) is 0 Å². The summed E-state index contributed by atoms with van der Waals surface area (Å²) in [6, 6.07) is 4.47. The van der Waals surface area contributed by atoms with Gasteiger partial charge in [0.1, 0.15) is 5.82 Å². The molecule has 0 radical (unpaired) electrons. The Morgan fingerprint density at radius 3 is 2.58 bits per heavy atom. The highest BCUT2D eigenvalue weighted by atomic mass is 19.1. The molecule has 1 unspecified atom stereocenters. The van der Waals surface area contributed by atoms with E-state index >= 15 is 0 Å². The Labute approximate surface area is 140 Å². The summed E-state index contributed by atoms with van der Waals surface area (Å²) in [6.07, 6.45) is 0. The largest absolute Gasteiger partial charge is 0.396 e. The molecule has 0 spiro atoms. The number of nitrogens with zero attached hydrogens (tertiary/aromatic N) is 3. The van der Waals surface area contributed by atoms with E-state index < -0.39 is 5.41 Å². The van der Waals surface area contributed by atoms with Crippen LogP contribution in [0.3, 0.4) is 0 Å². The molecule has 1 heterocycles. The van der Waals surface area contributed by atoms with Crippen LogP contribution < -0.4 is 0 Å². The normalized spacial score (nSPS) is 13.5. The summed E-state index contributed by atoms with van der Waals surface area (Å²) in [7, 11) is 1.86. The number of hydrogen-bond acceptors (Lipinski definition) is 6. The maximum absolute atomic E-state index is 13.4. The lowest BCUT2D eigenvalue weighted by molar-refractivity contribution is 0.0287. The van der Waals surface area contributed by atoms with E-state index in [4.69, 9.17) is 4.52 Å². The van der Waals surface area contributed by atoms with Crippen molar-refractivity contribution in [2.24, 2.45) is 5.41 Å². The van der Waals surface area contributed by atoms with E-state index in [0.717, 1.165) is 0 Å². The molecule has 1 aromatic heterocycles. The third-order valence-corrected chi connectivity index (χ3v) is 4.27. The lowest BCUT2D eigenvalue weighted by Gasteiger charge is -2.32. The Kier molecular flexibility index (Phi) is 5.69. The lowest BCUT2D eigenvalue weighted by Crippen LogP contribution is -2.40. The summed E-state index contributed by atoms with van der Waals surface area (Å²) in [6.45, 7) is 5.61. The minimum Gasteiger partial charge on any atom is -0.396 e. The van der Waals surface area contributed by atoms with Crippen LogP contribution in [0.15, 0.2) is 22.7 Å². The van der Waals surface area contributed by atoms with Crippen molar-refractivity contribution < 1.29 is 19.1 Å². The van der Waals surface area contributed by atoms with E-state index in [2.05, 4.69) is 10.1 Å². The average molecular weight is 337 g/mol. The summed E-state index contributed by atoms with van der Waals surface area (Å²) in [4.78, 5) is 6.32. The zero-order valence-corrected chi connectivity index (χ0v) is 14.5. The first-order valence-corrected chi connectivity index (χ1v) is 7.82. The number of aliphatic hydroxyl groups is 2. The van der Waals surface area contributed by atoms with E-state index in [1.807, 2.05) is 18.9 Å². The summed E-state index contributed by atoms with van der Waals surface area (Å²) >= 11 is 0. The number of halogens is 1.